The molecule has 0 aliphatic carbocycles. The standard InChI is InChI=1S/C20H20Cl2N4O3S/c1-12-8-13(21)4-6-16(12)29-10-18-24-25-20(26(18)2)30-11-19(27)23-15-9-14(22)5-7-17(15)28-3/h4-9H,10-11H2,1-3H3,(H,23,27). The van der Waals surface area contributed by atoms with Crippen molar-refractivity contribution in [2.45, 2.75) is 18.7 Å². The highest BCUT2D eigenvalue weighted by Gasteiger charge is 2.14. The Morgan fingerprint density at radius 1 is 1.13 bits per heavy atom. The number of amides is 1. The number of halogens is 2. The second-order valence-electron chi connectivity index (χ2n) is 6.34. The number of nitrogens with zero attached hydrogens (tertiary/aromatic N) is 3. The van der Waals surface area contributed by atoms with Gasteiger partial charge in [-0.2, -0.15) is 0 Å². The molecule has 1 heterocycles. The number of ether oxygens (including phenoxy) is 2. The van der Waals surface area contributed by atoms with Crippen molar-refractivity contribution in [3.8, 4) is 11.5 Å². The average Bonchev–Trinajstić information content (AvgIpc) is 3.05. The largest absolute Gasteiger partial charge is 0.495 e. The molecule has 2 aromatic carbocycles. The third kappa shape index (κ3) is 5.59. The molecule has 30 heavy (non-hydrogen) atoms. The number of thioether (sulfide) groups is 1. The Morgan fingerprint density at radius 3 is 2.53 bits per heavy atom. The first-order chi connectivity index (χ1) is 14.4. The lowest BCUT2D eigenvalue weighted by Gasteiger charge is -2.10. The van der Waals surface area contributed by atoms with E-state index in [2.05, 4.69) is 15.5 Å². The van der Waals surface area contributed by atoms with Gasteiger partial charge in [0.15, 0.2) is 11.0 Å². The molecular formula is C20H20Cl2N4O3S. The van der Waals surface area contributed by atoms with Crippen LogP contribution in [-0.2, 0) is 18.4 Å². The molecule has 10 heteroatoms. The number of benzene rings is 2. The molecule has 3 aromatic rings. The van der Waals surface area contributed by atoms with Crippen LogP contribution in [0.15, 0.2) is 41.6 Å². The number of methoxy groups -OCH3 is 1. The molecule has 1 amide bonds. The fraction of sp³-hybridized carbons (Fsp3) is 0.250. The minimum absolute atomic E-state index is 0.152. The summed E-state index contributed by atoms with van der Waals surface area (Å²) in [5.41, 5.74) is 1.45. The van der Waals surface area contributed by atoms with E-state index in [4.69, 9.17) is 32.7 Å². The van der Waals surface area contributed by atoms with Gasteiger partial charge >= 0.3 is 0 Å². The molecule has 0 spiro atoms. The second kappa shape index (κ2) is 10.1. The topological polar surface area (TPSA) is 78.3 Å². The van der Waals surface area contributed by atoms with Crippen molar-refractivity contribution in [3.05, 3.63) is 57.8 Å². The molecule has 0 radical (unpaired) electrons. The molecule has 0 saturated carbocycles. The SMILES string of the molecule is COc1ccc(Cl)cc1NC(=O)CSc1nnc(COc2ccc(Cl)cc2C)n1C. The van der Waals surface area contributed by atoms with Crippen LogP contribution in [0.1, 0.15) is 11.4 Å². The number of aromatic nitrogens is 3. The van der Waals surface area contributed by atoms with Gasteiger partial charge in [0.1, 0.15) is 18.1 Å². The van der Waals surface area contributed by atoms with Gasteiger partial charge in [-0.3, -0.25) is 4.79 Å². The zero-order valence-corrected chi connectivity index (χ0v) is 18.9. The van der Waals surface area contributed by atoms with Gasteiger partial charge in [-0.1, -0.05) is 35.0 Å². The fourth-order valence-electron chi connectivity index (χ4n) is 2.61. The van der Waals surface area contributed by atoms with Gasteiger partial charge < -0.3 is 19.4 Å². The molecule has 7 nitrogen and oxygen atoms in total. The van der Waals surface area contributed by atoms with Crippen LogP contribution in [0.3, 0.4) is 0 Å². The second-order valence-corrected chi connectivity index (χ2v) is 8.15. The molecule has 0 fully saturated rings. The highest BCUT2D eigenvalue weighted by molar-refractivity contribution is 7.99. The van der Waals surface area contributed by atoms with Crippen LogP contribution in [-0.4, -0.2) is 33.5 Å². The monoisotopic (exact) mass is 466 g/mol. The predicted molar refractivity (Wildman–Crippen MR) is 119 cm³/mol. The van der Waals surface area contributed by atoms with Gasteiger partial charge in [0, 0.05) is 17.1 Å². The Kier molecular flexibility index (Phi) is 7.47. The number of anilines is 1. The Hall–Kier alpha value is -2.42. The maximum Gasteiger partial charge on any atom is 0.234 e. The Labute approximate surface area is 188 Å². The van der Waals surface area contributed by atoms with Crippen molar-refractivity contribution < 1.29 is 14.3 Å². The molecule has 0 atom stereocenters. The number of hydrogen-bond acceptors (Lipinski definition) is 6. The summed E-state index contributed by atoms with van der Waals surface area (Å²) in [6.45, 7) is 2.17. The molecule has 158 valence electrons. The highest BCUT2D eigenvalue weighted by atomic mass is 35.5. The van der Waals surface area contributed by atoms with Crippen LogP contribution in [0, 0.1) is 6.92 Å². The van der Waals surface area contributed by atoms with Gasteiger partial charge in [-0.05, 0) is 48.9 Å². The van der Waals surface area contributed by atoms with Crippen molar-refractivity contribution in [2.24, 2.45) is 7.05 Å². The first-order valence-corrected chi connectivity index (χ1v) is 10.6. The summed E-state index contributed by atoms with van der Waals surface area (Å²) in [6.07, 6.45) is 0. The van der Waals surface area contributed by atoms with Crippen LogP contribution in [0.25, 0.3) is 0 Å². The molecule has 3 rings (SSSR count). The van der Waals surface area contributed by atoms with Crippen LogP contribution in [0.5, 0.6) is 11.5 Å². The van der Waals surface area contributed by atoms with E-state index in [0.29, 0.717) is 32.5 Å². The summed E-state index contributed by atoms with van der Waals surface area (Å²) in [5.74, 6) is 1.85. The molecule has 0 aliphatic heterocycles. The Bertz CT molecular complexity index is 1060. The van der Waals surface area contributed by atoms with E-state index in [9.17, 15) is 4.79 Å². The average molecular weight is 467 g/mol. The lowest BCUT2D eigenvalue weighted by Crippen LogP contribution is -2.15. The fourth-order valence-corrected chi connectivity index (χ4v) is 3.74. The summed E-state index contributed by atoms with van der Waals surface area (Å²) >= 11 is 13.2. The lowest BCUT2D eigenvalue weighted by molar-refractivity contribution is -0.113. The summed E-state index contributed by atoms with van der Waals surface area (Å²) in [4.78, 5) is 12.3. The van der Waals surface area contributed by atoms with E-state index in [-0.39, 0.29) is 18.3 Å². The number of aryl methyl sites for hydroxylation is 1. The van der Waals surface area contributed by atoms with Gasteiger partial charge in [0.05, 0.1) is 18.6 Å². The van der Waals surface area contributed by atoms with Crippen molar-refractivity contribution in [1.82, 2.24) is 14.8 Å². The lowest BCUT2D eigenvalue weighted by atomic mass is 10.2. The van der Waals surface area contributed by atoms with Crippen molar-refractivity contribution in [3.63, 3.8) is 0 Å². The predicted octanol–water partition coefficient (Wildman–Crippen LogP) is 4.75. The smallest absolute Gasteiger partial charge is 0.234 e. The third-order valence-corrected chi connectivity index (χ3v) is 5.68. The quantitative estimate of drug-likeness (QED) is 0.482. The number of carbonyl (C=O) groups is 1. The van der Waals surface area contributed by atoms with E-state index < -0.39 is 0 Å². The van der Waals surface area contributed by atoms with Gasteiger partial charge in [-0.25, -0.2) is 0 Å². The van der Waals surface area contributed by atoms with Crippen LogP contribution in [0.2, 0.25) is 10.0 Å². The summed E-state index contributed by atoms with van der Waals surface area (Å²) in [5, 5.41) is 12.9. The minimum atomic E-state index is -0.210. The van der Waals surface area contributed by atoms with Crippen molar-refractivity contribution in [2.75, 3.05) is 18.2 Å². The molecule has 1 N–H and O–H groups in total. The molecule has 0 saturated heterocycles. The Morgan fingerprint density at radius 2 is 1.83 bits per heavy atom. The van der Waals surface area contributed by atoms with Crippen LogP contribution in [0.4, 0.5) is 5.69 Å². The third-order valence-electron chi connectivity index (χ3n) is 4.19. The van der Waals surface area contributed by atoms with Crippen LogP contribution < -0.4 is 14.8 Å². The molecule has 0 aliphatic rings. The number of nitrogens with one attached hydrogen (secondary N) is 1. The van der Waals surface area contributed by atoms with Gasteiger partial charge in [-0.15, -0.1) is 10.2 Å². The van der Waals surface area contributed by atoms with Crippen molar-refractivity contribution in [1.29, 1.82) is 0 Å². The van der Waals surface area contributed by atoms with E-state index in [1.807, 2.05) is 26.1 Å². The maximum atomic E-state index is 12.3. The van der Waals surface area contributed by atoms with Crippen LogP contribution >= 0.6 is 35.0 Å². The van der Waals surface area contributed by atoms with Crippen molar-refractivity contribution >= 4 is 46.6 Å². The van der Waals surface area contributed by atoms with Gasteiger partial charge in [0.2, 0.25) is 5.91 Å². The molecule has 1 aromatic heterocycles. The zero-order chi connectivity index (χ0) is 21.7. The van der Waals surface area contributed by atoms with Gasteiger partial charge in [0.25, 0.3) is 0 Å². The highest BCUT2D eigenvalue weighted by Crippen LogP contribution is 2.28. The number of rotatable bonds is 8. The van der Waals surface area contributed by atoms with E-state index in [1.54, 1.807) is 28.8 Å². The van der Waals surface area contributed by atoms with E-state index in [0.717, 1.165) is 11.3 Å². The van der Waals surface area contributed by atoms with E-state index >= 15 is 0 Å². The molecule has 0 unspecified atom stereocenters. The summed E-state index contributed by atoms with van der Waals surface area (Å²) in [6, 6.07) is 10.5. The minimum Gasteiger partial charge on any atom is -0.495 e. The zero-order valence-electron chi connectivity index (χ0n) is 16.6. The molecular weight excluding hydrogens is 447 g/mol. The normalized spacial score (nSPS) is 10.7. The maximum absolute atomic E-state index is 12.3. The first-order valence-electron chi connectivity index (χ1n) is 8.90. The summed E-state index contributed by atoms with van der Waals surface area (Å²) < 4.78 is 12.8. The number of hydrogen-bond donors (Lipinski definition) is 1. The van der Waals surface area contributed by atoms with E-state index in [1.165, 1.54) is 18.9 Å². The number of carbonyl (C=O) groups excluding carboxylic acids is 1. The molecule has 0 bridgehead atoms. The Balaban J connectivity index is 1.57. The first kappa shape index (κ1) is 22.3. The summed E-state index contributed by atoms with van der Waals surface area (Å²) in [7, 11) is 3.36.